The van der Waals surface area contributed by atoms with Gasteiger partial charge in [-0.15, -0.1) is 0 Å². The quantitative estimate of drug-likeness (QED) is 0.389. The second kappa shape index (κ2) is 5.88. The molecular weight excluding hydrogens is 306 g/mol. The molecule has 0 fully saturated rings. The third-order valence-electron chi connectivity index (χ3n) is 3.13. The molecule has 0 bridgehead atoms. The van der Waals surface area contributed by atoms with Crippen LogP contribution in [-0.4, -0.2) is 18.6 Å². The number of carbonyl (C=O) groups is 1. The van der Waals surface area contributed by atoms with Crippen LogP contribution in [0.5, 0.6) is 0 Å². The lowest BCUT2D eigenvalue weighted by Crippen LogP contribution is -2.21. The highest BCUT2D eigenvalue weighted by molar-refractivity contribution is 7.73. The zero-order valence-electron chi connectivity index (χ0n) is 11.2. The topological polar surface area (TPSA) is 94.3 Å². The number of aryl methyl sites for hydroxylation is 1. The van der Waals surface area contributed by atoms with Crippen LogP contribution in [0.2, 0.25) is 0 Å². The molecule has 20 heavy (non-hydrogen) atoms. The first kappa shape index (κ1) is 16.6. The molecule has 1 aromatic carbocycles. The highest BCUT2D eigenvalue weighted by Crippen LogP contribution is 2.35. The fourth-order valence-electron chi connectivity index (χ4n) is 1.85. The minimum atomic E-state index is -2.93. The van der Waals surface area contributed by atoms with E-state index in [1.54, 1.807) is 6.92 Å². The van der Waals surface area contributed by atoms with E-state index >= 15 is 0 Å². The SMILES string of the molecule is CCc1cc(C(C)(C)[SH](=O)=O)c([N+](=O)[O-])cc1C(=O)Cl. The molecule has 0 spiro atoms. The van der Waals surface area contributed by atoms with E-state index in [1.807, 2.05) is 0 Å². The Balaban J connectivity index is 3.76. The molecule has 6 nitrogen and oxygen atoms in total. The van der Waals surface area contributed by atoms with Gasteiger partial charge in [-0.25, -0.2) is 8.42 Å². The molecule has 0 N–H and O–H groups in total. The Morgan fingerprint density at radius 3 is 2.30 bits per heavy atom. The highest BCUT2D eigenvalue weighted by Gasteiger charge is 2.33. The minimum Gasteiger partial charge on any atom is -0.276 e. The summed E-state index contributed by atoms with van der Waals surface area (Å²) in [5, 5.41) is 10.3. The summed E-state index contributed by atoms with van der Waals surface area (Å²) in [5.41, 5.74) is 0.143. The Morgan fingerprint density at radius 1 is 1.40 bits per heavy atom. The molecule has 0 amide bonds. The number of carbonyl (C=O) groups excluding carboxylic acids is 1. The van der Waals surface area contributed by atoms with Crippen molar-refractivity contribution >= 4 is 33.2 Å². The van der Waals surface area contributed by atoms with E-state index in [9.17, 15) is 23.3 Å². The van der Waals surface area contributed by atoms with Crippen molar-refractivity contribution in [1.82, 2.24) is 0 Å². The van der Waals surface area contributed by atoms with Crippen LogP contribution in [0.4, 0.5) is 5.69 Å². The van der Waals surface area contributed by atoms with E-state index in [0.29, 0.717) is 12.0 Å². The van der Waals surface area contributed by atoms with Crippen LogP contribution in [0.3, 0.4) is 0 Å². The predicted octanol–water partition coefficient (Wildman–Crippen LogP) is 2.38. The standard InChI is InChI=1S/C12H14ClNO5S/c1-4-7-5-9(12(2,3)20(18)19)10(14(16)17)6-8(7)11(13)15/h5-6,20H,4H2,1-3H3. The van der Waals surface area contributed by atoms with E-state index in [-0.39, 0.29) is 11.1 Å². The molecule has 0 aliphatic rings. The predicted molar refractivity (Wildman–Crippen MR) is 76.0 cm³/mol. The van der Waals surface area contributed by atoms with E-state index in [1.165, 1.54) is 19.9 Å². The molecule has 0 unspecified atom stereocenters. The Labute approximate surface area is 122 Å². The van der Waals surface area contributed by atoms with Crippen molar-refractivity contribution in [3.05, 3.63) is 38.9 Å². The molecule has 0 aliphatic heterocycles. The average Bonchev–Trinajstić information content (AvgIpc) is 2.36. The zero-order valence-corrected chi connectivity index (χ0v) is 12.8. The van der Waals surface area contributed by atoms with Gasteiger partial charge in [-0.3, -0.25) is 14.9 Å². The van der Waals surface area contributed by atoms with Crippen molar-refractivity contribution in [3.63, 3.8) is 0 Å². The first-order valence-electron chi connectivity index (χ1n) is 5.79. The number of thiol groups is 1. The molecule has 0 atom stereocenters. The van der Waals surface area contributed by atoms with Crippen molar-refractivity contribution in [3.8, 4) is 0 Å². The first-order chi connectivity index (χ1) is 9.12. The van der Waals surface area contributed by atoms with Crippen molar-refractivity contribution in [2.45, 2.75) is 31.9 Å². The molecule has 110 valence electrons. The summed E-state index contributed by atoms with van der Waals surface area (Å²) in [6.45, 7) is 4.50. The van der Waals surface area contributed by atoms with Crippen LogP contribution >= 0.6 is 11.6 Å². The van der Waals surface area contributed by atoms with Crippen LogP contribution < -0.4 is 0 Å². The lowest BCUT2D eigenvalue weighted by molar-refractivity contribution is -0.385. The number of hydrogen-bond donors (Lipinski definition) is 1. The van der Waals surface area contributed by atoms with Crippen molar-refractivity contribution in [1.29, 1.82) is 0 Å². The van der Waals surface area contributed by atoms with E-state index in [2.05, 4.69) is 0 Å². The number of nitro groups is 1. The number of nitro benzene ring substituents is 1. The van der Waals surface area contributed by atoms with Crippen LogP contribution in [-0.2, 0) is 21.9 Å². The van der Waals surface area contributed by atoms with Crippen LogP contribution in [0.25, 0.3) is 0 Å². The van der Waals surface area contributed by atoms with Gasteiger partial charge < -0.3 is 0 Å². The fraction of sp³-hybridized carbons (Fsp3) is 0.417. The molecule has 8 heteroatoms. The van der Waals surface area contributed by atoms with E-state index in [0.717, 1.165) is 6.07 Å². The van der Waals surface area contributed by atoms with Gasteiger partial charge in [-0.2, -0.15) is 0 Å². The fourth-order valence-corrected chi connectivity index (χ4v) is 2.40. The average molecular weight is 320 g/mol. The summed E-state index contributed by atoms with van der Waals surface area (Å²) >= 11 is 5.41. The van der Waals surface area contributed by atoms with Gasteiger partial charge >= 0.3 is 0 Å². The molecule has 0 aliphatic carbocycles. The lowest BCUT2D eigenvalue weighted by Gasteiger charge is -2.19. The molecule has 1 rings (SSSR count). The van der Waals surface area contributed by atoms with E-state index in [4.69, 9.17) is 11.6 Å². The Bertz CT molecular complexity index is 643. The van der Waals surface area contributed by atoms with Gasteiger partial charge in [0.1, 0.15) is 10.7 Å². The summed E-state index contributed by atoms with van der Waals surface area (Å²) in [6.07, 6.45) is 0.407. The van der Waals surface area contributed by atoms with Gasteiger partial charge in [0.15, 0.2) is 0 Å². The van der Waals surface area contributed by atoms with E-state index < -0.39 is 31.3 Å². The Kier molecular flexibility index (Phi) is 4.88. The van der Waals surface area contributed by atoms with Gasteiger partial charge in [0.25, 0.3) is 10.9 Å². The second-order valence-corrected chi connectivity index (χ2v) is 6.70. The van der Waals surface area contributed by atoms with Crippen LogP contribution in [0.1, 0.15) is 42.3 Å². The number of nitrogens with zero attached hydrogens (tertiary/aromatic N) is 1. The van der Waals surface area contributed by atoms with Gasteiger partial charge in [0.05, 0.1) is 15.2 Å². The Morgan fingerprint density at radius 2 is 1.95 bits per heavy atom. The third-order valence-corrected chi connectivity index (χ3v) is 4.48. The lowest BCUT2D eigenvalue weighted by atomic mass is 9.94. The normalized spacial score (nSPS) is 11.7. The maximum Gasteiger partial charge on any atom is 0.274 e. The molecule has 1 aromatic rings. The van der Waals surface area contributed by atoms with Crippen LogP contribution in [0.15, 0.2) is 12.1 Å². The third kappa shape index (κ3) is 2.99. The van der Waals surface area contributed by atoms with Crippen molar-refractivity contribution < 1.29 is 18.1 Å². The summed E-state index contributed by atoms with van der Waals surface area (Å²) < 4.78 is 21.3. The molecule has 0 radical (unpaired) electrons. The molecule has 0 heterocycles. The van der Waals surface area contributed by atoms with Crippen molar-refractivity contribution in [2.24, 2.45) is 0 Å². The molecular formula is C12H14ClNO5S. The maximum atomic E-state index is 11.3. The minimum absolute atomic E-state index is 0.0292. The monoisotopic (exact) mass is 319 g/mol. The Hall–Kier alpha value is -1.47. The smallest absolute Gasteiger partial charge is 0.274 e. The summed E-state index contributed by atoms with van der Waals surface area (Å²) in [6, 6.07) is 2.42. The number of halogens is 1. The maximum absolute atomic E-state index is 11.3. The number of rotatable bonds is 5. The molecule has 0 saturated heterocycles. The summed E-state index contributed by atoms with van der Waals surface area (Å²) in [7, 11) is -2.93. The first-order valence-corrected chi connectivity index (χ1v) is 7.34. The summed E-state index contributed by atoms with van der Waals surface area (Å²) in [5.74, 6) is 0. The molecule has 0 saturated carbocycles. The number of benzene rings is 1. The highest BCUT2D eigenvalue weighted by atomic mass is 35.5. The second-order valence-electron chi connectivity index (χ2n) is 4.73. The number of hydrogen-bond acceptors (Lipinski definition) is 5. The van der Waals surface area contributed by atoms with Gasteiger partial charge in [0.2, 0.25) is 0 Å². The summed E-state index contributed by atoms with van der Waals surface area (Å²) in [4.78, 5) is 21.7. The van der Waals surface area contributed by atoms with Gasteiger partial charge in [-0.05, 0) is 43.5 Å². The van der Waals surface area contributed by atoms with Gasteiger partial charge in [-0.1, -0.05) is 6.92 Å². The zero-order chi connectivity index (χ0) is 15.7. The van der Waals surface area contributed by atoms with Gasteiger partial charge in [0, 0.05) is 11.6 Å². The largest absolute Gasteiger partial charge is 0.276 e. The van der Waals surface area contributed by atoms with Crippen molar-refractivity contribution in [2.75, 3.05) is 0 Å². The molecule has 0 aromatic heterocycles. The van der Waals surface area contributed by atoms with Crippen LogP contribution in [0, 0.1) is 10.1 Å².